The van der Waals surface area contributed by atoms with E-state index in [1.807, 2.05) is 40.1 Å². The van der Waals surface area contributed by atoms with Crippen LogP contribution in [0.4, 0.5) is 5.69 Å². The van der Waals surface area contributed by atoms with Gasteiger partial charge in [-0.2, -0.15) is 0 Å². The Bertz CT molecular complexity index is 1110. The number of non-ortho nitro benzene ring substituents is 1. The van der Waals surface area contributed by atoms with Crippen molar-refractivity contribution in [2.75, 3.05) is 39.3 Å². The zero-order chi connectivity index (χ0) is 26.5. The number of hydrogen-bond donors (Lipinski definition) is 1. The molecule has 0 spiro atoms. The van der Waals surface area contributed by atoms with E-state index in [0.717, 1.165) is 57.4 Å². The maximum absolute atomic E-state index is 13.7. The van der Waals surface area contributed by atoms with Crippen LogP contribution in [-0.4, -0.2) is 82.8 Å². The molecule has 202 valence electrons. The molecule has 3 fully saturated rings. The Morgan fingerprint density at radius 3 is 2.45 bits per heavy atom. The second-order valence-corrected chi connectivity index (χ2v) is 10.7. The van der Waals surface area contributed by atoms with E-state index in [0.29, 0.717) is 26.1 Å². The molecule has 2 amide bonds. The fourth-order valence-corrected chi connectivity index (χ4v) is 5.66. The molecule has 2 unspecified atom stereocenters. The summed E-state index contributed by atoms with van der Waals surface area (Å²) in [6, 6.07) is 16.6. The molecule has 9 nitrogen and oxygen atoms in total. The first-order chi connectivity index (χ1) is 18.5. The van der Waals surface area contributed by atoms with Gasteiger partial charge in [-0.3, -0.25) is 24.6 Å². The van der Waals surface area contributed by atoms with Crippen LogP contribution in [0.2, 0.25) is 0 Å². The molecule has 9 heteroatoms. The molecular formula is C29H37N5O4. The van der Waals surface area contributed by atoms with Crippen molar-refractivity contribution in [3.8, 4) is 0 Å². The molecule has 2 saturated heterocycles. The number of nitro groups is 1. The third-order valence-corrected chi connectivity index (χ3v) is 8.01. The molecular weight excluding hydrogens is 482 g/mol. The Hall–Kier alpha value is -3.30. The molecule has 2 aromatic carbocycles. The van der Waals surface area contributed by atoms with E-state index >= 15 is 0 Å². The van der Waals surface area contributed by atoms with Crippen LogP contribution in [0.15, 0.2) is 54.6 Å². The average molecular weight is 520 g/mol. The van der Waals surface area contributed by atoms with E-state index in [9.17, 15) is 19.7 Å². The minimum Gasteiger partial charge on any atom is -0.340 e. The maximum Gasteiger partial charge on any atom is 0.269 e. The van der Waals surface area contributed by atoms with Crippen molar-refractivity contribution in [3.05, 3.63) is 75.8 Å². The summed E-state index contributed by atoms with van der Waals surface area (Å²) < 4.78 is 0. The standard InChI is InChI=1S/C29H37N5O4/c35-28(24-9-10-24)33-21-26(19-27(33)29(36)31-16-4-14-30-15-18-31)32(17-13-22-5-2-1-3-6-22)20-23-7-11-25(12-8-23)34(37)38/h1-3,5-8,11-12,24,26-27,30H,4,9-10,13-21H2. The van der Waals surface area contributed by atoms with Crippen LogP contribution in [0.3, 0.4) is 0 Å². The first-order valence-electron chi connectivity index (χ1n) is 13.8. The lowest BCUT2D eigenvalue weighted by atomic mass is 10.1. The van der Waals surface area contributed by atoms with Crippen molar-refractivity contribution in [1.29, 1.82) is 0 Å². The summed E-state index contributed by atoms with van der Waals surface area (Å²) in [6.07, 6.45) is 4.20. The Morgan fingerprint density at radius 1 is 0.974 bits per heavy atom. The summed E-state index contributed by atoms with van der Waals surface area (Å²) >= 11 is 0. The number of likely N-dealkylation sites (tertiary alicyclic amines) is 1. The highest BCUT2D eigenvalue weighted by Crippen LogP contribution is 2.35. The van der Waals surface area contributed by atoms with Crippen LogP contribution in [0, 0.1) is 16.0 Å². The van der Waals surface area contributed by atoms with Crippen molar-refractivity contribution < 1.29 is 14.5 Å². The average Bonchev–Trinajstić information content (AvgIpc) is 3.74. The molecule has 3 aliphatic rings. The molecule has 1 aliphatic carbocycles. The van der Waals surface area contributed by atoms with Crippen LogP contribution in [0.5, 0.6) is 0 Å². The van der Waals surface area contributed by atoms with Gasteiger partial charge in [-0.05, 0) is 49.8 Å². The van der Waals surface area contributed by atoms with Crippen LogP contribution in [0.25, 0.3) is 0 Å². The molecule has 2 aromatic rings. The maximum atomic E-state index is 13.7. The van der Waals surface area contributed by atoms with Crippen molar-refractivity contribution >= 4 is 17.5 Å². The Labute approximate surface area is 223 Å². The lowest BCUT2D eigenvalue weighted by Crippen LogP contribution is -2.49. The summed E-state index contributed by atoms with van der Waals surface area (Å²) in [7, 11) is 0. The molecule has 2 aliphatic heterocycles. The minimum absolute atomic E-state index is 0.0376. The van der Waals surface area contributed by atoms with Gasteiger partial charge in [0, 0.05) is 63.4 Å². The molecule has 0 bridgehead atoms. The van der Waals surface area contributed by atoms with E-state index in [-0.39, 0.29) is 34.4 Å². The normalized spacial score (nSPS) is 21.9. The van der Waals surface area contributed by atoms with Gasteiger partial charge in [0.15, 0.2) is 0 Å². The summed E-state index contributed by atoms with van der Waals surface area (Å²) in [4.78, 5) is 44.0. The van der Waals surface area contributed by atoms with E-state index in [2.05, 4.69) is 22.3 Å². The minimum atomic E-state index is -0.428. The molecule has 1 N–H and O–H groups in total. The van der Waals surface area contributed by atoms with Crippen molar-refractivity contribution in [1.82, 2.24) is 20.0 Å². The highest BCUT2D eigenvalue weighted by Gasteiger charge is 2.46. The highest BCUT2D eigenvalue weighted by molar-refractivity contribution is 5.90. The van der Waals surface area contributed by atoms with Gasteiger partial charge in [0.05, 0.1) is 4.92 Å². The second-order valence-electron chi connectivity index (χ2n) is 10.7. The Balaban J connectivity index is 1.36. The molecule has 38 heavy (non-hydrogen) atoms. The molecule has 2 heterocycles. The van der Waals surface area contributed by atoms with Gasteiger partial charge in [0.1, 0.15) is 6.04 Å². The fraction of sp³-hybridized carbons (Fsp3) is 0.517. The zero-order valence-electron chi connectivity index (χ0n) is 21.8. The number of benzene rings is 2. The number of nitrogens with one attached hydrogen (secondary N) is 1. The van der Waals surface area contributed by atoms with Crippen LogP contribution in [-0.2, 0) is 22.6 Å². The van der Waals surface area contributed by atoms with Gasteiger partial charge in [-0.25, -0.2) is 0 Å². The molecule has 2 atom stereocenters. The van der Waals surface area contributed by atoms with Crippen LogP contribution >= 0.6 is 0 Å². The van der Waals surface area contributed by atoms with E-state index in [1.54, 1.807) is 12.1 Å². The predicted molar refractivity (Wildman–Crippen MR) is 144 cm³/mol. The zero-order valence-corrected chi connectivity index (χ0v) is 21.8. The smallest absolute Gasteiger partial charge is 0.269 e. The Kier molecular flexibility index (Phi) is 8.34. The number of carbonyl (C=O) groups is 2. The van der Waals surface area contributed by atoms with E-state index < -0.39 is 6.04 Å². The van der Waals surface area contributed by atoms with Gasteiger partial charge < -0.3 is 15.1 Å². The number of nitrogens with zero attached hydrogens (tertiary/aromatic N) is 4. The lowest BCUT2D eigenvalue weighted by Gasteiger charge is -2.29. The van der Waals surface area contributed by atoms with E-state index in [4.69, 9.17) is 0 Å². The Morgan fingerprint density at radius 2 is 1.74 bits per heavy atom. The largest absolute Gasteiger partial charge is 0.340 e. The van der Waals surface area contributed by atoms with Gasteiger partial charge in [0.25, 0.3) is 5.69 Å². The van der Waals surface area contributed by atoms with Crippen LogP contribution < -0.4 is 5.32 Å². The highest BCUT2D eigenvalue weighted by atomic mass is 16.6. The number of carbonyl (C=O) groups excluding carboxylic acids is 2. The van der Waals surface area contributed by atoms with Crippen molar-refractivity contribution in [2.45, 2.75) is 50.7 Å². The fourth-order valence-electron chi connectivity index (χ4n) is 5.66. The van der Waals surface area contributed by atoms with E-state index in [1.165, 1.54) is 5.56 Å². The molecule has 1 saturated carbocycles. The second kappa shape index (κ2) is 12.0. The summed E-state index contributed by atoms with van der Waals surface area (Å²) in [5.74, 6) is 0.253. The van der Waals surface area contributed by atoms with Crippen molar-refractivity contribution in [3.63, 3.8) is 0 Å². The monoisotopic (exact) mass is 519 g/mol. The number of rotatable bonds is 9. The third-order valence-electron chi connectivity index (χ3n) is 8.01. The molecule has 5 rings (SSSR count). The number of hydrogen-bond acceptors (Lipinski definition) is 6. The van der Waals surface area contributed by atoms with Gasteiger partial charge >= 0.3 is 0 Å². The quantitative estimate of drug-likeness (QED) is 0.404. The lowest BCUT2D eigenvalue weighted by molar-refractivity contribution is -0.384. The van der Waals surface area contributed by atoms with Crippen LogP contribution in [0.1, 0.15) is 36.8 Å². The predicted octanol–water partition coefficient (Wildman–Crippen LogP) is 2.84. The summed E-state index contributed by atoms with van der Waals surface area (Å²) in [6.45, 7) is 5.00. The van der Waals surface area contributed by atoms with Gasteiger partial charge in [-0.1, -0.05) is 42.5 Å². The number of nitro benzene ring substituents is 1. The summed E-state index contributed by atoms with van der Waals surface area (Å²) in [5, 5.41) is 14.5. The molecule has 0 aromatic heterocycles. The molecule has 0 radical (unpaired) electrons. The number of amides is 2. The van der Waals surface area contributed by atoms with Gasteiger partial charge in [0.2, 0.25) is 11.8 Å². The third kappa shape index (κ3) is 6.39. The topological polar surface area (TPSA) is 99.0 Å². The van der Waals surface area contributed by atoms with Gasteiger partial charge in [-0.15, -0.1) is 0 Å². The SMILES string of the molecule is O=C(C1CC(N(CCc2ccccc2)Cc2ccc([N+](=O)[O-])cc2)CN1C(=O)C1CC1)N1CCCNCC1. The summed E-state index contributed by atoms with van der Waals surface area (Å²) in [5.41, 5.74) is 2.29. The van der Waals surface area contributed by atoms with Crippen molar-refractivity contribution in [2.24, 2.45) is 5.92 Å². The first-order valence-corrected chi connectivity index (χ1v) is 13.8. The first kappa shape index (κ1) is 26.3.